The Bertz CT molecular complexity index is 1260. The molecule has 192 valence electrons. The van der Waals surface area contributed by atoms with E-state index >= 15 is 0 Å². The summed E-state index contributed by atoms with van der Waals surface area (Å²) in [7, 11) is 1.44. The van der Waals surface area contributed by atoms with Crippen LogP contribution in [0.15, 0.2) is 35.2 Å². The molecule has 1 atom stereocenters. The molecule has 0 radical (unpaired) electrons. The molecule has 1 aromatic carbocycles. The number of aromatic nitrogens is 3. The summed E-state index contributed by atoms with van der Waals surface area (Å²) in [5, 5.41) is 8.21. The molecule has 36 heavy (non-hydrogen) atoms. The second-order valence-corrected chi connectivity index (χ2v) is 9.17. The van der Waals surface area contributed by atoms with Crippen LogP contribution in [0.25, 0.3) is 0 Å². The van der Waals surface area contributed by atoms with Gasteiger partial charge in [-0.3, -0.25) is 9.59 Å². The van der Waals surface area contributed by atoms with Gasteiger partial charge in [0.15, 0.2) is 0 Å². The van der Waals surface area contributed by atoms with Crippen LogP contribution in [-0.4, -0.2) is 47.0 Å². The van der Waals surface area contributed by atoms with Gasteiger partial charge in [-0.15, -0.1) is 11.3 Å². The number of anilines is 3. The molecule has 10 nitrogen and oxygen atoms in total. The maximum atomic E-state index is 13.5. The van der Waals surface area contributed by atoms with Crippen LogP contribution < -0.4 is 21.7 Å². The van der Waals surface area contributed by atoms with Crippen molar-refractivity contribution in [2.75, 3.05) is 36.6 Å². The fraction of sp³-hybridized carbons (Fsp3) is 0.286. The largest absolute Gasteiger partial charge is 0.418 e. The number of carbonyl (C=O) groups excluding carboxylic acids is 2. The minimum atomic E-state index is -4.63. The van der Waals surface area contributed by atoms with E-state index in [1.807, 2.05) is 0 Å². The van der Waals surface area contributed by atoms with Gasteiger partial charge in [-0.1, -0.05) is 0 Å². The molecule has 2 heterocycles. The van der Waals surface area contributed by atoms with Gasteiger partial charge in [0.25, 0.3) is 11.8 Å². The number of ether oxygens (including phenoxy) is 1. The van der Waals surface area contributed by atoms with Gasteiger partial charge in [0.05, 0.1) is 28.9 Å². The zero-order valence-electron chi connectivity index (χ0n) is 18.9. The zero-order chi connectivity index (χ0) is 26.5. The van der Waals surface area contributed by atoms with Crippen LogP contribution in [0, 0.1) is 0 Å². The number of amides is 2. The molecular formula is C21H21BrF3N7O3S. The number of benzene rings is 1. The van der Waals surface area contributed by atoms with Crippen LogP contribution in [0.4, 0.5) is 30.4 Å². The number of nitrogens with one attached hydrogen (secondary N) is 3. The molecule has 1 unspecified atom stereocenters. The number of hydrogen-bond acceptors (Lipinski definition) is 9. The third-order valence-electron chi connectivity index (χ3n) is 4.70. The highest BCUT2D eigenvalue weighted by Crippen LogP contribution is 2.36. The SMILES string of the molecule is COCCNc1ccc(NC(=O)c2cnc(C(C)NC(=O)c3ncnc(N)c3Br)s2)cc1C(F)(F)F. The van der Waals surface area contributed by atoms with Crippen LogP contribution in [0.3, 0.4) is 0 Å². The predicted molar refractivity (Wildman–Crippen MR) is 132 cm³/mol. The molecule has 0 fully saturated rings. The highest BCUT2D eigenvalue weighted by Gasteiger charge is 2.34. The van der Waals surface area contributed by atoms with Gasteiger partial charge in [0.2, 0.25) is 0 Å². The van der Waals surface area contributed by atoms with Crippen molar-refractivity contribution in [3.05, 3.63) is 56.3 Å². The van der Waals surface area contributed by atoms with Crippen molar-refractivity contribution in [1.29, 1.82) is 0 Å². The smallest absolute Gasteiger partial charge is 0.383 e. The van der Waals surface area contributed by atoms with Gasteiger partial charge in [0, 0.05) is 25.0 Å². The number of nitrogen functional groups attached to an aromatic ring is 1. The predicted octanol–water partition coefficient (Wildman–Crippen LogP) is 4.10. The van der Waals surface area contributed by atoms with E-state index in [0.717, 1.165) is 23.7 Å². The summed E-state index contributed by atoms with van der Waals surface area (Å²) < 4.78 is 45.6. The number of methoxy groups -OCH3 is 1. The lowest BCUT2D eigenvalue weighted by molar-refractivity contribution is -0.136. The Labute approximate surface area is 216 Å². The zero-order valence-corrected chi connectivity index (χ0v) is 21.3. The average molecular weight is 588 g/mol. The lowest BCUT2D eigenvalue weighted by Crippen LogP contribution is -2.28. The minimum absolute atomic E-state index is 0.0319. The number of alkyl halides is 3. The normalized spacial score (nSPS) is 12.2. The second kappa shape index (κ2) is 11.6. The summed E-state index contributed by atoms with van der Waals surface area (Å²) in [6.45, 7) is 2.07. The van der Waals surface area contributed by atoms with E-state index in [1.165, 1.54) is 25.4 Å². The van der Waals surface area contributed by atoms with Crippen LogP contribution >= 0.6 is 27.3 Å². The maximum Gasteiger partial charge on any atom is 0.418 e. The number of rotatable bonds is 9. The molecule has 5 N–H and O–H groups in total. The Hall–Kier alpha value is -3.30. The van der Waals surface area contributed by atoms with E-state index < -0.39 is 29.6 Å². The molecule has 0 aliphatic heterocycles. The van der Waals surface area contributed by atoms with Crippen LogP contribution in [0.1, 0.15) is 43.7 Å². The number of nitrogens with two attached hydrogens (primary N) is 1. The first-order valence-corrected chi connectivity index (χ1v) is 11.9. The molecule has 0 bridgehead atoms. The van der Waals surface area contributed by atoms with Crippen molar-refractivity contribution in [1.82, 2.24) is 20.3 Å². The van der Waals surface area contributed by atoms with Gasteiger partial charge >= 0.3 is 6.18 Å². The molecule has 0 aliphatic carbocycles. The number of hydrogen-bond donors (Lipinski definition) is 4. The molecule has 2 amide bonds. The van der Waals surface area contributed by atoms with E-state index in [0.29, 0.717) is 5.01 Å². The number of carbonyl (C=O) groups is 2. The lowest BCUT2D eigenvalue weighted by atomic mass is 10.1. The summed E-state index contributed by atoms with van der Waals surface area (Å²) in [5.74, 6) is -1.08. The van der Waals surface area contributed by atoms with Gasteiger partial charge < -0.3 is 26.4 Å². The molecule has 3 rings (SSSR count). The Balaban J connectivity index is 1.70. The van der Waals surface area contributed by atoms with Crippen molar-refractivity contribution in [3.8, 4) is 0 Å². The van der Waals surface area contributed by atoms with Crippen molar-refractivity contribution in [3.63, 3.8) is 0 Å². The topological polar surface area (TPSA) is 144 Å². The Morgan fingerprint density at radius 1 is 1.22 bits per heavy atom. The van der Waals surface area contributed by atoms with Crippen LogP contribution in [-0.2, 0) is 10.9 Å². The summed E-state index contributed by atoms with van der Waals surface area (Å²) in [6.07, 6.45) is -2.20. The van der Waals surface area contributed by atoms with Crippen molar-refractivity contribution >= 4 is 56.3 Å². The van der Waals surface area contributed by atoms with E-state index in [-0.39, 0.29) is 45.4 Å². The van der Waals surface area contributed by atoms with Crippen molar-refractivity contribution in [2.24, 2.45) is 0 Å². The Morgan fingerprint density at radius 2 is 1.97 bits per heavy atom. The molecule has 0 aliphatic rings. The average Bonchev–Trinajstić information content (AvgIpc) is 3.32. The fourth-order valence-electron chi connectivity index (χ4n) is 2.95. The van der Waals surface area contributed by atoms with E-state index in [9.17, 15) is 22.8 Å². The van der Waals surface area contributed by atoms with Crippen LogP contribution in [0.5, 0.6) is 0 Å². The van der Waals surface area contributed by atoms with Gasteiger partial charge in [-0.25, -0.2) is 15.0 Å². The van der Waals surface area contributed by atoms with Crippen LogP contribution in [0.2, 0.25) is 0 Å². The monoisotopic (exact) mass is 587 g/mol. The Morgan fingerprint density at radius 3 is 2.67 bits per heavy atom. The van der Waals surface area contributed by atoms with E-state index in [4.69, 9.17) is 10.5 Å². The van der Waals surface area contributed by atoms with E-state index in [1.54, 1.807) is 6.92 Å². The molecule has 2 aromatic heterocycles. The van der Waals surface area contributed by atoms with Crippen molar-refractivity contribution < 1.29 is 27.5 Å². The number of nitrogens with zero attached hydrogens (tertiary/aromatic N) is 3. The van der Waals surface area contributed by atoms with Gasteiger partial charge in [-0.2, -0.15) is 13.2 Å². The first-order chi connectivity index (χ1) is 17.0. The van der Waals surface area contributed by atoms with E-state index in [2.05, 4.69) is 46.8 Å². The molecule has 0 saturated heterocycles. The fourth-order valence-corrected chi connectivity index (χ4v) is 4.15. The molecular weight excluding hydrogens is 567 g/mol. The standard InChI is InChI=1S/C21H21BrF3N7O3S/c1-10(31-19(34)16-15(22)17(26)30-9-29-16)20-28-8-14(36-20)18(33)32-11-3-4-13(27-5-6-35-2)12(7-11)21(23,24)25/h3-4,7-10,27H,5-6H2,1-2H3,(H,31,34)(H,32,33)(H2,26,29,30). The minimum Gasteiger partial charge on any atom is -0.383 e. The highest BCUT2D eigenvalue weighted by molar-refractivity contribution is 9.10. The molecule has 0 saturated carbocycles. The summed E-state index contributed by atoms with van der Waals surface area (Å²) in [5.41, 5.74) is 4.61. The first kappa shape index (κ1) is 27.3. The Kier molecular flexibility index (Phi) is 8.81. The third kappa shape index (κ3) is 6.67. The summed E-state index contributed by atoms with van der Waals surface area (Å²) in [6, 6.07) is 2.85. The molecule has 0 spiro atoms. The number of halogens is 4. The van der Waals surface area contributed by atoms with Crippen molar-refractivity contribution in [2.45, 2.75) is 19.1 Å². The summed E-state index contributed by atoms with van der Waals surface area (Å²) in [4.78, 5) is 37.1. The van der Waals surface area contributed by atoms with Gasteiger partial charge in [-0.05, 0) is 41.1 Å². The molecule has 3 aromatic rings. The third-order valence-corrected chi connectivity index (χ3v) is 6.66. The quantitative estimate of drug-likeness (QED) is 0.274. The summed E-state index contributed by atoms with van der Waals surface area (Å²) >= 11 is 4.15. The first-order valence-electron chi connectivity index (χ1n) is 10.3. The van der Waals surface area contributed by atoms with Gasteiger partial charge in [0.1, 0.15) is 27.7 Å². The number of thiazole rings is 1. The lowest BCUT2D eigenvalue weighted by Gasteiger charge is -2.16. The highest BCUT2D eigenvalue weighted by atomic mass is 79.9. The second-order valence-electron chi connectivity index (χ2n) is 7.31. The maximum absolute atomic E-state index is 13.5. The molecule has 15 heteroatoms.